The Hall–Kier alpha value is -1.65. The van der Waals surface area contributed by atoms with Crippen molar-refractivity contribution in [3.8, 4) is 0 Å². The first-order chi connectivity index (χ1) is 30.2. The summed E-state index contributed by atoms with van der Waals surface area (Å²) in [6.45, 7) is 4.29. The van der Waals surface area contributed by atoms with Crippen LogP contribution in [0.25, 0.3) is 0 Å². The number of carbonyl (C=O) groups is 1. The van der Waals surface area contributed by atoms with Gasteiger partial charge in [0.05, 0.1) is 18.8 Å². The fourth-order valence-electron chi connectivity index (χ4n) is 8.34. The zero-order chi connectivity index (χ0) is 44.2. The average Bonchev–Trinajstić information content (AvgIpc) is 3.26. The molecule has 0 saturated carbocycles. The molecule has 2 atom stereocenters. The van der Waals surface area contributed by atoms with Gasteiger partial charge in [-0.1, -0.05) is 268 Å². The summed E-state index contributed by atoms with van der Waals surface area (Å²) < 4.78 is 0. The lowest BCUT2D eigenvalue weighted by atomic mass is 10.0. The second-order valence-corrected chi connectivity index (χ2v) is 18.6. The molecule has 358 valence electrons. The van der Waals surface area contributed by atoms with E-state index in [0.717, 1.165) is 38.5 Å². The molecule has 2 unspecified atom stereocenters. The summed E-state index contributed by atoms with van der Waals surface area (Å²) in [6, 6.07) is -0.643. The molecule has 0 aliphatic rings. The van der Waals surface area contributed by atoms with Crippen molar-refractivity contribution >= 4 is 5.91 Å². The lowest BCUT2D eigenvalue weighted by Crippen LogP contribution is -2.45. The van der Waals surface area contributed by atoms with Gasteiger partial charge in [0.2, 0.25) is 5.91 Å². The van der Waals surface area contributed by atoms with Gasteiger partial charge < -0.3 is 15.5 Å². The summed E-state index contributed by atoms with van der Waals surface area (Å²) in [5.41, 5.74) is 0. The second kappa shape index (κ2) is 52.7. The van der Waals surface area contributed by atoms with Crippen LogP contribution in [0.3, 0.4) is 0 Å². The van der Waals surface area contributed by atoms with Crippen molar-refractivity contribution in [3.63, 3.8) is 0 Å². The van der Waals surface area contributed by atoms with Crippen molar-refractivity contribution < 1.29 is 15.0 Å². The molecule has 4 nitrogen and oxygen atoms in total. The molecule has 0 spiro atoms. The molecule has 0 aliphatic carbocycles. The number of nitrogens with one attached hydrogen (secondary N) is 1. The normalized spacial score (nSPS) is 13.2. The first kappa shape index (κ1) is 59.4. The van der Waals surface area contributed by atoms with E-state index in [-0.39, 0.29) is 12.5 Å². The van der Waals surface area contributed by atoms with E-state index in [1.54, 1.807) is 6.08 Å². The van der Waals surface area contributed by atoms with Gasteiger partial charge in [0.15, 0.2) is 0 Å². The van der Waals surface area contributed by atoms with Crippen LogP contribution in [0.5, 0.6) is 0 Å². The van der Waals surface area contributed by atoms with E-state index in [1.807, 2.05) is 6.08 Å². The Kier molecular flexibility index (Phi) is 51.3. The Labute approximate surface area is 382 Å². The van der Waals surface area contributed by atoms with E-state index in [0.29, 0.717) is 6.42 Å². The molecule has 0 aromatic rings. The molecule has 0 aromatic heterocycles. The van der Waals surface area contributed by atoms with E-state index in [9.17, 15) is 15.0 Å². The highest BCUT2D eigenvalue weighted by atomic mass is 16.3. The van der Waals surface area contributed by atoms with Gasteiger partial charge in [-0.05, 0) is 64.2 Å². The number of hydrogen-bond donors (Lipinski definition) is 3. The molecule has 3 N–H and O–H groups in total. The van der Waals surface area contributed by atoms with Crippen LogP contribution in [0.15, 0.2) is 48.6 Å². The van der Waals surface area contributed by atoms with Gasteiger partial charge in [-0.15, -0.1) is 0 Å². The van der Waals surface area contributed by atoms with E-state index >= 15 is 0 Å². The van der Waals surface area contributed by atoms with Crippen LogP contribution in [-0.2, 0) is 4.79 Å². The standard InChI is InChI=1S/C57H107NO3/c1-3-5-7-9-11-13-15-17-19-21-23-24-25-26-27-28-29-30-31-32-33-35-36-38-40-42-44-46-48-50-52-56(60)55(54-59)58-57(61)53-51-49-47-45-43-41-39-37-34-22-20-18-16-14-12-10-8-6-4-2/h12,14,18,20,42,44,50,52,55-56,59-60H,3-11,13,15-17,19,21-41,43,45-49,51,53-54H2,1-2H3,(H,58,61)/b14-12-,20-18-,44-42+,52-50+. The Bertz CT molecular complexity index is 970. The first-order valence-electron chi connectivity index (χ1n) is 27.4. The zero-order valence-corrected chi connectivity index (χ0v) is 41.2. The van der Waals surface area contributed by atoms with Gasteiger partial charge in [-0.3, -0.25) is 4.79 Å². The highest BCUT2D eigenvalue weighted by Crippen LogP contribution is 2.17. The molecule has 0 aliphatic heterocycles. The fourth-order valence-corrected chi connectivity index (χ4v) is 8.34. The van der Waals surface area contributed by atoms with Crippen molar-refractivity contribution in [2.45, 2.75) is 302 Å². The topological polar surface area (TPSA) is 69.6 Å². The summed E-state index contributed by atoms with van der Waals surface area (Å²) in [5.74, 6) is -0.0766. The van der Waals surface area contributed by atoms with Gasteiger partial charge in [0.25, 0.3) is 0 Å². The predicted molar refractivity (Wildman–Crippen MR) is 271 cm³/mol. The third kappa shape index (κ3) is 49.2. The average molecular weight is 854 g/mol. The predicted octanol–water partition coefficient (Wildman–Crippen LogP) is 17.9. The summed E-state index contributed by atoms with van der Waals surface area (Å²) >= 11 is 0. The molecule has 0 radical (unpaired) electrons. The zero-order valence-electron chi connectivity index (χ0n) is 41.2. The van der Waals surface area contributed by atoms with Crippen LogP contribution in [-0.4, -0.2) is 34.9 Å². The maximum absolute atomic E-state index is 12.4. The van der Waals surface area contributed by atoms with Gasteiger partial charge in [-0.25, -0.2) is 0 Å². The lowest BCUT2D eigenvalue weighted by molar-refractivity contribution is -0.123. The summed E-state index contributed by atoms with van der Waals surface area (Å²) in [4.78, 5) is 12.4. The first-order valence-corrected chi connectivity index (χ1v) is 27.4. The molecule has 0 saturated heterocycles. The molecular formula is C57H107NO3. The van der Waals surface area contributed by atoms with Gasteiger partial charge in [0, 0.05) is 6.42 Å². The second-order valence-electron chi connectivity index (χ2n) is 18.6. The summed E-state index contributed by atoms with van der Waals surface area (Å²) in [6.07, 6.45) is 72.7. The van der Waals surface area contributed by atoms with E-state index < -0.39 is 12.1 Å². The van der Waals surface area contributed by atoms with Crippen LogP contribution in [0.4, 0.5) is 0 Å². The molecule has 61 heavy (non-hydrogen) atoms. The van der Waals surface area contributed by atoms with E-state index in [1.165, 1.54) is 231 Å². The minimum atomic E-state index is -0.866. The molecule has 4 heteroatoms. The van der Waals surface area contributed by atoms with Gasteiger partial charge in [0.1, 0.15) is 0 Å². The largest absolute Gasteiger partial charge is 0.394 e. The molecule has 0 heterocycles. The van der Waals surface area contributed by atoms with Crippen LogP contribution in [0, 0.1) is 0 Å². The number of hydrogen-bond acceptors (Lipinski definition) is 3. The maximum atomic E-state index is 12.4. The van der Waals surface area contributed by atoms with Crippen molar-refractivity contribution in [1.29, 1.82) is 0 Å². The Morgan fingerprint density at radius 1 is 0.393 bits per heavy atom. The molecule has 0 fully saturated rings. The smallest absolute Gasteiger partial charge is 0.220 e. The summed E-state index contributed by atoms with van der Waals surface area (Å²) in [5, 5.41) is 23.1. The highest BCUT2D eigenvalue weighted by Gasteiger charge is 2.18. The van der Waals surface area contributed by atoms with Crippen LogP contribution in [0.2, 0.25) is 0 Å². The monoisotopic (exact) mass is 854 g/mol. The van der Waals surface area contributed by atoms with Crippen molar-refractivity contribution in [1.82, 2.24) is 5.32 Å². The van der Waals surface area contributed by atoms with Gasteiger partial charge in [-0.2, -0.15) is 0 Å². The third-order valence-corrected chi connectivity index (χ3v) is 12.5. The van der Waals surface area contributed by atoms with Gasteiger partial charge >= 0.3 is 0 Å². The number of rotatable bonds is 50. The number of allylic oxidation sites excluding steroid dienone is 7. The van der Waals surface area contributed by atoms with E-state index in [4.69, 9.17) is 0 Å². The quantitative estimate of drug-likeness (QED) is 0.0422. The van der Waals surface area contributed by atoms with Crippen LogP contribution < -0.4 is 5.32 Å². The maximum Gasteiger partial charge on any atom is 0.220 e. The van der Waals surface area contributed by atoms with E-state index in [2.05, 4.69) is 55.6 Å². The summed E-state index contributed by atoms with van der Waals surface area (Å²) in [7, 11) is 0. The third-order valence-electron chi connectivity index (χ3n) is 12.5. The fraction of sp³-hybridized carbons (Fsp3) is 0.842. The molecule has 0 aromatic carbocycles. The minimum absolute atomic E-state index is 0.0766. The van der Waals surface area contributed by atoms with Crippen molar-refractivity contribution in [2.75, 3.05) is 6.61 Å². The molecule has 0 rings (SSSR count). The van der Waals surface area contributed by atoms with Crippen LogP contribution in [0.1, 0.15) is 290 Å². The van der Waals surface area contributed by atoms with Crippen molar-refractivity contribution in [3.05, 3.63) is 48.6 Å². The highest BCUT2D eigenvalue weighted by molar-refractivity contribution is 5.76. The van der Waals surface area contributed by atoms with Crippen molar-refractivity contribution in [2.24, 2.45) is 0 Å². The SMILES string of the molecule is CCCCC/C=C\C/C=C\CCCCCCCCCCCC(=O)NC(CO)C(O)/C=C/CC/C=C/CCCCCCCCCCCCCCCCCCCCCCCCCC. The number of carbonyl (C=O) groups excluding carboxylic acids is 1. The Morgan fingerprint density at radius 3 is 1.08 bits per heavy atom. The number of aliphatic hydroxyl groups excluding tert-OH is 2. The number of aliphatic hydroxyl groups is 2. The molecule has 1 amide bonds. The van der Waals surface area contributed by atoms with Crippen LogP contribution >= 0.6 is 0 Å². The number of unbranched alkanes of at least 4 members (excludes halogenated alkanes) is 37. The number of amides is 1. The minimum Gasteiger partial charge on any atom is -0.394 e. The Morgan fingerprint density at radius 2 is 0.689 bits per heavy atom. The molecule has 0 bridgehead atoms. The Balaban J connectivity index is 3.52. The lowest BCUT2D eigenvalue weighted by Gasteiger charge is -2.19. The molecular weight excluding hydrogens is 747 g/mol.